The summed E-state index contributed by atoms with van der Waals surface area (Å²) in [5, 5.41) is 11.6. The minimum absolute atomic E-state index is 0.0558. The number of esters is 1. The molecule has 3 N–H and O–H groups in total. The van der Waals surface area contributed by atoms with E-state index >= 15 is 0 Å². The monoisotopic (exact) mass is 379 g/mol. The molecule has 0 aliphatic carbocycles. The smallest absolute Gasteiger partial charge is 0.340 e. The van der Waals surface area contributed by atoms with Gasteiger partial charge in [0.25, 0.3) is 0 Å². The van der Waals surface area contributed by atoms with Crippen LogP contribution in [-0.2, 0) is 9.53 Å². The molecule has 0 saturated heterocycles. The molecule has 0 amide bonds. The van der Waals surface area contributed by atoms with Crippen molar-refractivity contribution >= 4 is 16.7 Å². The van der Waals surface area contributed by atoms with Crippen molar-refractivity contribution in [3.8, 4) is 11.5 Å². The quantitative estimate of drug-likeness (QED) is 0.674. The standard InChI is InChI=1S/C22H18FNO4/c1-2-27-22(26)20-18(13-3-7-14(23)8-4-13)19-16-11-15(25)9-5-12(16)6-10-17(19)28-21(20)24/h3-11,18,25H,2,24H2,1H3. The number of carbonyl (C=O) groups excluding carboxylic acids is 1. The van der Waals surface area contributed by atoms with Crippen LogP contribution in [0, 0.1) is 5.82 Å². The molecule has 1 heterocycles. The highest BCUT2D eigenvalue weighted by Gasteiger charge is 2.36. The minimum atomic E-state index is -0.631. The van der Waals surface area contributed by atoms with Gasteiger partial charge in [-0.3, -0.25) is 0 Å². The van der Waals surface area contributed by atoms with E-state index in [1.54, 1.807) is 43.3 Å². The highest BCUT2D eigenvalue weighted by atomic mass is 19.1. The second-order valence-electron chi connectivity index (χ2n) is 6.47. The van der Waals surface area contributed by atoms with Gasteiger partial charge in [-0.25, -0.2) is 9.18 Å². The molecule has 1 unspecified atom stereocenters. The number of aromatic hydroxyl groups is 1. The number of fused-ring (bicyclic) bond motifs is 3. The number of nitrogens with two attached hydrogens (primary N) is 1. The van der Waals surface area contributed by atoms with Crippen molar-refractivity contribution < 1.29 is 23.8 Å². The van der Waals surface area contributed by atoms with Crippen LogP contribution in [0.3, 0.4) is 0 Å². The summed E-state index contributed by atoms with van der Waals surface area (Å²) in [6.07, 6.45) is 0. The van der Waals surface area contributed by atoms with Crippen molar-refractivity contribution in [2.45, 2.75) is 12.8 Å². The summed E-state index contributed by atoms with van der Waals surface area (Å²) >= 11 is 0. The molecule has 1 aliphatic rings. The zero-order valence-electron chi connectivity index (χ0n) is 15.1. The molecule has 0 bridgehead atoms. The first-order chi connectivity index (χ1) is 13.5. The molecular formula is C22H18FNO4. The third-order valence-corrected chi connectivity index (χ3v) is 4.77. The molecule has 0 fully saturated rings. The summed E-state index contributed by atoms with van der Waals surface area (Å²) in [6, 6.07) is 14.4. The van der Waals surface area contributed by atoms with E-state index in [-0.39, 0.29) is 29.6 Å². The number of ether oxygens (including phenoxy) is 2. The zero-order valence-corrected chi connectivity index (χ0v) is 15.1. The lowest BCUT2D eigenvalue weighted by atomic mass is 9.80. The van der Waals surface area contributed by atoms with E-state index in [2.05, 4.69) is 0 Å². The van der Waals surface area contributed by atoms with Gasteiger partial charge in [0.05, 0.1) is 12.5 Å². The lowest BCUT2D eigenvalue weighted by Gasteiger charge is -2.29. The Balaban J connectivity index is 2.03. The molecule has 0 radical (unpaired) electrons. The first-order valence-electron chi connectivity index (χ1n) is 8.85. The van der Waals surface area contributed by atoms with Crippen LogP contribution in [0.15, 0.2) is 66.1 Å². The number of hydrogen-bond donors (Lipinski definition) is 2. The molecule has 28 heavy (non-hydrogen) atoms. The van der Waals surface area contributed by atoms with Crippen LogP contribution in [0.2, 0.25) is 0 Å². The molecule has 6 heteroatoms. The third kappa shape index (κ3) is 2.93. The molecule has 142 valence electrons. The average Bonchev–Trinajstić information content (AvgIpc) is 2.67. The number of benzene rings is 3. The fourth-order valence-electron chi connectivity index (χ4n) is 3.57. The van der Waals surface area contributed by atoms with Crippen LogP contribution in [-0.4, -0.2) is 17.7 Å². The van der Waals surface area contributed by atoms with Gasteiger partial charge < -0.3 is 20.3 Å². The van der Waals surface area contributed by atoms with Crippen LogP contribution in [0.25, 0.3) is 10.8 Å². The van der Waals surface area contributed by atoms with Crippen molar-refractivity contribution in [1.82, 2.24) is 0 Å². The first kappa shape index (κ1) is 17.9. The molecule has 3 aromatic carbocycles. The van der Waals surface area contributed by atoms with E-state index in [4.69, 9.17) is 15.2 Å². The predicted octanol–water partition coefficient (Wildman–Crippen LogP) is 3.94. The minimum Gasteiger partial charge on any atom is -0.508 e. The molecule has 0 aromatic heterocycles. The molecule has 4 rings (SSSR count). The second kappa shape index (κ2) is 6.88. The van der Waals surface area contributed by atoms with Crippen molar-refractivity contribution in [2.75, 3.05) is 6.61 Å². The number of phenols is 1. The van der Waals surface area contributed by atoms with Crippen LogP contribution in [0.5, 0.6) is 11.5 Å². The Kier molecular flexibility index (Phi) is 4.39. The molecule has 0 spiro atoms. The predicted molar refractivity (Wildman–Crippen MR) is 102 cm³/mol. The molecule has 5 nitrogen and oxygen atoms in total. The molecule has 1 atom stereocenters. The molecule has 3 aromatic rings. The number of carbonyl (C=O) groups is 1. The average molecular weight is 379 g/mol. The van der Waals surface area contributed by atoms with Crippen LogP contribution >= 0.6 is 0 Å². The van der Waals surface area contributed by atoms with Crippen LogP contribution < -0.4 is 10.5 Å². The summed E-state index contributed by atoms with van der Waals surface area (Å²) in [5.74, 6) is -1.12. The topological polar surface area (TPSA) is 81.8 Å². The van der Waals surface area contributed by atoms with Crippen molar-refractivity contribution in [1.29, 1.82) is 0 Å². The van der Waals surface area contributed by atoms with E-state index in [1.807, 2.05) is 6.07 Å². The van der Waals surface area contributed by atoms with E-state index in [0.717, 1.165) is 5.39 Å². The number of rotatable bonds is 3. The Morgan fingerprint density at radius 3 is 2.61 bits per heavy atom. The van der Waals surface area contributed by atoms with Gasteiger partial charge in [-0.2, -0.15) is 0 Å². The van der Waals surface area contributed by atoms with Gasteiger partial charge in [0, 0.05) is 5.56 Å². The van der Waals surface area contributed by atoms with Gasteiger partial charge in [-0.1, -0.05) is 24.3 Å². The lowest BCUT2D eigenvalue weighted by molar-refractivity contribution is -0.139. The summed E-state index contributed by atoms with van der Waals surface area (Å²) in [7, 11) is 0. The second-order valence-corrected chi connectivity index (χ2v) is 6.47. The van der Waals surface area contributed by atoms with Gasteiger partial charge >= 0.3 is 5.97 Å². The fraction of sp³-hybridized carbons (Fsp3) is 0.136. The van der Waals surface area contributed by atoms with E-state index in [1.165, 1.54) is 12.1 Å². The number of hydrogen-bond acceptors (Lipinski definition) is 5. The highest BCUT2D eigenvalue weighted by molar-refractivity contribution is 5.97. The Bertz CT molecular complexity index is 1110. The summed E-state index contributed by atoms with van der Waals surface area (Å²) in [5.41, 5.74) is 7.56. The molecule has 0 saturated carbocycles. The number of halogens is 1. The van der Waals surface area contributed by atoms with Gasteiger partial charge in [0.2, 0.25) is 5.88 Å². The zero-order chi connectivity index (χ0) is 19.8. The summed E-state index contributed by atoms with van der Waals surface area (Å²) < 4.78 is 24.5. The lowest BCUT2D eigenvalue weighted by Crippen LogP contribution is -2.27. The first-order valence-corrected chi connectivity index (χ1v) is 8.85. The van der Waals surface area contributed by atoms with Crippen molar-refractivity contribution in [3.05, 3.63) is 83.0 Å². The maximum Gasteiger partial charge on any atom is 0.340 e. The molecule has 1 aliphatic heterocycles. The van der Waals surface area contributed by atoms with Crippen LogP contribution in [0.4, 0.5) is 4.39 Å². The summed E-state index contributed by atoms with van der Waals surface area (Å²) in [6.45, 7) is 1.88. The Morgan fingerprint density at radius 1 is 1.18 bits per heavy atom. The highest BCUT2D eigenvalue weighted by Crippen LogP contribution is 2.46. The largest absolute Gasteiger partial charge is 0.508 e. The van der Waals surface area contributed by atoms with Gasteiger partial charge in [0.15, 0.2) is 0 Å². The van der Waals surface area contributed by atoms with E-state index < -0.39 is 11.9 Å². The third-order valence-electron chi connectivity index (χ3n) is 4.77. The van der Waals surface area contributed by atoms with Crippen molar-refractivity contribution in [2.24, 2.45) is 5.73 Å². The van der Waals surface area contributed by atoms with Gasteiger partial charge in [0.1, 0.15) is 22.9 Å². The Labute approximate surface area is 160 Å². The maximum atomic E-state index is 13.5. The fourth-order valence-corrected chi connectivity index (χ4v) is 3.57. The summed E-state index contributed by atoms with van der Waals surface area (Å²) in [4.78, 5) is 12.7. The van der Waals surface area contributed by atoms with Gasteiger partial charge in [-0.15, -0.1) is 0 Å². The Morgan fingerprint density at radius 2 is 1.89 bits per heavy atom. The number of phenolic OH excluding ortho intramolecular Hbond substituents is 1. The normalized spacial score (nSPS) is 15.9. The molecular weight excluding hydrogens is 361 g/mol. The maximum absolute atomic E-state index is 13.5. The van der Waals surface area contributed by atoms with Crippen molar-refractivity contribution in [3.63, 3.8) is 0 Å². The van der Waals surface area contributed by atoms with Crippen LogP contribution in [0.1, 0.15) is 24.0 Å². The van der Waals surface area contributed by atoms with Gasteiger partial charge in [-0.05, 0) is 53.6 Å². The van der Waals surface area contributed by atoms with E-state index in [9.17, 15) is 14.3 Å². The SMILES string of the molecule is CCOC(=O)C1=C(N)Oc2ccc3ccc(O)cc3c2C1c1ccc(F)cc1. The Hall–Kier alpha value is -3.54. The van der Waals surface area contributed by atoms with E-state index in [0.29, 0.717) is 22.3 Å².